The zero-order chi connectivity index (χ0) is 7.84. The van der Waals surface area contributed by atoms with E-state index in [4.69, 9.17) is 0 Å². The number of fused-ring (bicyclic) bond motifs is 1. The molecule has 0 amide bonds. The van der Waals surface area contributed by atoms with Crippen LogP contribution in [-0.2, 0) is 0 Å². The van der Waals surface area contributed by atoms with Crippen LogP contribution in [0.3, 0.4) is 0 Å². The Morgan fingerprint density at radius 3 is 2.00 bits per heavy atom. The molecule has 4 nitrogen and oxygen atoms in total. The van der Waals surface area contributed by atoms with Crippen molar-refractivity contribution in [3.05, 3.63) is 12.4 Å². The summed E-state index contributed by atoms with van der Waals surface area (Å²) in [6, 6.07) is 0. The van der Waals surface area contributed by atoms with Crippen molar-refractivity contribution in [3.63, 3.8) is 0 Å². The van der Waals surface area contributed by atoms with Crippen LogP contribution in [0.4, 0.5) is 11.6 Å². The minimum atomic E-state index is 0.874. The molecule has 1 aliphatic heterocycles. The van der Waals surface area contributed by atoms with Gasteiger partial charge in [-0.2, -0.15) is 0 Å². The highest BCUT2D eigenvalue weighted by atomic mass is 15.4. The van der Waals surface area contributed by atoms with Gasteiger partial charge in [-0.3, -0.25) is 0 Å². The van der Waals surface area contributed by atoms with Crippen LogP contribution >= 0.6 is 0 Å². The molecule has 0 bridgehead atoms. The van der Waals surface area contributed by atoms with Gasteiger partial charge in [0.05, 0.1) is 6.67 Å². The van der Waals surface area contributed by atoms with Crippen molar-refractivity contribution in [1.82, 2.24) is 9.97 Å². The molecular weight excluding hydrogens is 140 g/mol. The molecular formula is C7H10N4. The van der Waals surface area contributed by atoms with E-state index in [9.17, 15) is 0 Å². The molecule has 11 heavy (non-hydrogen) atoms. The van der Waals surface area contributed by atoms with Crippen LogP contribution in [-0.4, -0.2) is 30.7 Å². The number of rotatable bonds is 0. The Labute approximate surface area is 65.5 Å². The number of hydrogen-bond donors (Lipinski definition) is 0. The Balaban J connectivity index is 2.52. The Morgan fingerprint density at radius 2 is 1.55 bits per heavy atom. The first-order valence-corrected chi connectivity index (χ1v) is 3.52. The molecule has 0 spiro atoms. The van der Waals surface area contributed by atoms with E-state index in [1.807, 2.05) is 14.1 Å². The molecule has 0 radical (unpaired) electrons. The van der Waals surface area contributed by atoms with Crippen molar-refractivity contribution < 1.29 is 0 Å². The molecule has 2 rings (SSSR count). The van der Waals surface area contributed by atoms with Crippen LogP contribution in [0, 0.1) is 0 Å². The Morgan fingerprint density at radius 1 is 1.09 bits per heavy atom. The third-order valence-corrected chi connectivity index (χ3v) is 1.81. The van der Waals surface area contributed by atoms with E-state index >= 15 is 0 Å². The van der Waals surface area contributed by atoms with E-state index in [2.05, 4.69) is 19.8 Å². The number of anilines is 2. The first kappa shape index (κ1) is 6.39. The van der Waals surface area contributed by atoms with E-state index in [0.717, 1.165) is 18.3 Å². The van der Waals surface area contributed by atoms with Crippen molar-refractivity contribution in [2.24, 2.45) is 0 Å². The minimum Gasteiger partial charge on any atom is -0.339 e. The summed E-state index contributed by atoms with van der Waals surface area (Å²) in [5.74, 6) is 1.94. The highest BCUT2D eigenvalue weighted by molar-refractivity contribution is 5.66. The van der Waals surface area contributed by atoms with Crippen molar-refractivity contribution in [2.45, 2.75) is 0 Å². The number of hydrogen-bond acceptors (Lipinski definition) is 4. The lowest BCUT2D eigenvalue weighted by Crippen LogP contribution is -2.24. The third-order valence-electron chi connectivity index (χ3n) is 1.81. The quantitative estimate of drug-likeness (QED) is 0.533. The summed E-state index contributed by atoms with van der Waals surface area (Å²) in [7, 11) is 4.02. The maximum atomic E-state index is 4.21. The molecule has 0 fully saturated rings. The Kier molecular flexibility index (Phi) is 1.21. The van der Waals surface area contributed by atoms with Crippen molar-refractivity contribution in [3.8, 4) is 0 Å². The van der Waals surface area contributed by atoms with E-state index in [0.29, 0.717) is 0 Å². The molecule has 1 aromatic heterocycles. The smallest absolute Gasteiger partial charge is 0.173 e. The zero-order valence-corrected chi connectivity index (χ0v) is 6.65. The summed E-state index contributed by atoms with van der Waals surface area (Å²) in [6.45, 7) is 0.874. The van der Waals surface area contributed by atoms with Gasteiger partial charge in [-0.1, -0.05) is 0 Å². The second-order valence-electron chi connectivity index (χ2n) is 2.74. The molecule has 58 valence electrons. The standard InChI is InChI=1S/C7H10N4/c1-10-5-11(2)7-6(10)8-3-4-9-7/h3-4H,5H2,1-2H3. The average Bonchev–Trinajstić information content (AvgIpc) is 2.30. The van der Waals surface area contributed by atoms with Gasteiger partial charge in [-0.05, 0) is 0 Å². The van der Waals surface area contributed by atoms with Crippen LogP contribution in [0.2, 0.25) is 0 Å². The maximum absolute atomic E-state index is 4.21. The first-order chi connectivity index (χ1) is 5.29. The fourth-order valence-corrected chi connectivity index (χ4v) is 1.31. The second kappa shape index (κ2) is 2.08. The lowest BCUT2D eigenvalue weighted by Gasteiger charge is -2.10. The molecule has 2 heterocycles. The summed E-state index contributed by atoms with van der Waals surface area (Å²) < 4.78 is 0. The van der Waals surface area contributed by atoms with Crippen LogP contribution in [0.1, 0.15) is 0 Å². The number of aromatic nitrogens is 2. The molecule has 0 saturated heterocycles. The van der Waals surface area contributed by atoms with Gasteiger partial charge in [0.1, 0.15) is 0 Å². The van der Waals surface area contributed by atoms with E-state index in [1.165, 1.54) is 0 Å². The highest BCUT2D eigenvalue weighted by Crippen LogP contribution is 2.27. The van der Waals surface area contributed by atoms with E-state index in [-0.39, 0.29) is 0 Å². The lowest BCUT2D eigenvalue weighted by molar-refractivity contribution is 0.903. The van der Waals surface area contributed by atoms with Crippen molar-refractivity contribution in [1.29, 1.82) is 0 Å². The summed E-state index contributed by atoms with van der Waals surface area (Å²) in [4.78, 5) is 12.6. The largest absolute Gasteiger partial charge is 0.339 e. The van der Waals surface area contributed by atoms with E-state index in [1.54, 1.807) is 12.4 Å². The molecule has 0 saturated carbocycles. The van der Waals surface area contributed by atoms with Crippen molar-refractivity contribution in [2.75, 3.05) is 30.6 Å². The molecule has 1 aromatic rings. The molecule has 0 N–H and O–H groups in total. The monoisotopic (exact) mass is 150 g/mol. The molecule has 1 aliphatic rings. The molecule has 0 atom stereocenters. The first-order valence-electron chi connectivity index (χ1n) is 3.52. The SMILES string of the molecule is CN1CN(C)c2nccnc21. The van der Waals surface area contributed by atoms with Gasteiger partial charge in [0.15, 0.2) is 11.6 Å². The molecule has 0 aromatic carbocycles. The van der Waals surface area contributed by atoms with Crippen LogP contribution in [0.25, 0.3) is 0 Å². The molecule has 0 unspecified atom stereocenters. The normalized spacial score (nSPS) is 15.5. The zero-order valence-electron chi connectivity index (χ0n) is 6.65. The molecule has 0 aliphatic carbocycles. The Hall–Kier alpha value is -1.32. The third kappa shape index (κ3) is 0.824. The summed E-state index contributed by atoms with van der Waals surface area (Å²) in [5.41, 5.74) is 0. The summed E-state index contributed by atoms with van der Waals surface area (Å²) in [6.07, 6.45) is 3.43. The van der Waals surface area contributed by atoms with Gasteiger partial charge in [-0.15, -0.1) is 0 Å². The van der Waals surface area contributed by atoms with E-state index < -0.39 is 0 Å². The minimum absolute atomic E-state index is 0.874. The fraction of sp³-hybridized carbons (Fsp3) is 0.429. The van der Waals surface area contributed by atoms with Gasteiger partial charge >= 0.3 is 0 Å². The predicted octanol–water partition coefficient (Wildman–Crippen LogP) is 0.320. The molecule has 4 heteroatoms. The summed E-state index contributed by atoms with van der Waals surface area (Å²) in [5, 5.41) is 0. The van der Waals surface area contributed by atoms with Crippen molar-refractivity contribution >= 4 is 11.6 Å². The van der Waals surface area contributed by atoms with Gasteiger partial charge < -0.3 is 9.80 Å². The van der Waals surface area contributed by atoms with Crippen LogP contribution in [0.5, 0.6) is 0 Å². The lowest BCUT2D eigenvalue weighted by atomic mass is 10.6. The topological polar surface area (TPSA) is 32.3 Å². The van der Waals surface area contributed by atoms with Crippen LogP contribution < -0.4 is 9.80 Å². The summed E-state index contributed by atoms with van der Waals surface area (Å²) >= 11 is 0. The Bertz CT molecular complexity index is 246. The maximum Gasteiger partial charge on any atom is 0.173 e. The van der Waals surface area contributed by atoms with Crippen LogP contribution in [0.15, 0.2) is 12.4 Å². The fourth-order valence-electron chi connectivity index (χ4n) is 1.31. The predicted molar refractivity (Wildman–Crippen MR) is 43.7 cm³/mol. The van der Waals surface area contributed by atoms with Gasteiger partial charge in [0.2, 0.25) is 0 Å². The highest BCUT2D eigenvalue weighted by Gasteiger charge is 2.21. The average molecular weight is 150 g/mol. The van der Waals surface area contributed by atoms with Gasteiger partial charge in [0.25, 0.3) is 0 Å². The van der Waals surface area contributed by atoms with Gasteiger partial charge in [-0.25, -0.2) is 9.97 Å². The second-order valence-corrected chi connectivity index (χ2v) is 2.74. The van der Waals surface area contributed by atoms with Gasteiger partial charge in [0, 0.05) is 26.5 Å². The number of nitrogens with zero attached hydrogens (tertiary/aromatic N) is 4.